The molecule has 3 N–H and O–H groups in total. The van der Waals surface area contributed by atoms with E-state index in [4.69, 9.17) is 5.73 Å². The number of hydrogen-bond donors (Lipinski definition) is 2. The fraction of sp³-hybridized carbons (Fsp3) is 0.222. The first-order valence-corrected chi connectivity index (χ1v) is 7.68. The average molecular weight is 308 g/mol. The predicted molar refractivity (Wildman–Crippen MR) is 93.3 cm³/mol. The number of aryl methyl sites for hydroxylation is 2. The summed E-state index contributed by atoms with van der Waals surface area (Å²) in [4.78, 5) is 17.0. The molecule has 0 aliphatic heterocycles. The molecule has 3 aromatic rings. The van der Waals surface area contributed by atoms with Crippen molar-refractivity contribution in [2.45, 2.75) is 26.8 Å². The highest BCUT2D eigenvalue weighted by Crippen LogP contribution is 2.22. The van der Waals surface area contributed by atoms with E-state index in [0.29, 0.717) is 5.69 Å². The van der Waals surface area contributed by atoms with Gasteiger partial charge in [-0.2, -0.15) is 0 Å². The largest absolute Gasteiger partial charge is 0.397 e. The molecule has 0 fully saturated rings. The molecule has 23 heavy (non-hydrogen) atoms. The summed E-state index contributed by atoms with van der Waals surface area (Å²) in [5, 5.41) is 2.93. The number of amides is 1. The van der Waals surface area contributed by atoms with Crippen LogP contribution in [0, 0.1) is 6.92 Å². The molecule has 5 nitrogen and oxygen atoms in total. The molecule has 0 atom stereocenters. The first kappa shape index (κ1) is 15.1. The maximum Gasteiger partial charge on any atom is 0.244 e. The molecule has 3 rings (SSSR count). The molecule has 0 saturated heterocycles. The molecule has 0 aliphatic carbocycles. The van der Waals surface area contributed by atoms with Crippen molar-refractivity contribution in [1.82, 2.24) is 9.55 Å². The Morgan fingerprint density at radius 1 is 1.26 bits per heavy atom. The number of rotatable bonds is 4. The second-order valence-electron chi connectivity index (χ2n) is 5.60. The van der Waals surface area contributed by atoms with Crippen LogP contribution < -0.4 is 11.1 Å². The molecule has 2 aromatic carbocycles. The van der Waals surface area contributed by atoms with Crippen LogP contribution in [-0.2, 0) is 17.8 Å². The maximum absolute atomic E-state index is 12.4. The molecule has 5 heteroatoms. The van der Waals surface area contributed by atoms with Crippen molar-refractivity contribution in [3.8, 4) is 0 Å². The summed E-state index contributed by atoms with van der Waals surface area (Å²) in [7, 11) is 0. The van der Waals surface area contributed by atoms with Crippen molar-refractivity contribution in [2.24, 2.45) is 0 Å². The topological polar surface area (TPSA) is 72.9 Å². The van der Waals surface area contributed by atoms with Gasteiger partial charge in [-0.3, -0.25) is 4.79 Å². The van der Waals surface area contributed by atoms with Gasteiger partial charge in [-0.1, -0.05) is 25.1 Å². The van der Waals surface area contributed by atoms with Gasteiger partial charge in [-0.05, 0) is 36.8 Å². The second-order valence-corrected chi connectivity index (χ2v) is 5.60. The zero-order valence-electron chi connectivity index (χ0n) is 13.3. The van der Waals surface area contributed by atoms with Crippen LogP contribution in [0.4, 0.5) is 11.4 Å². The van der Waals surface area contributed by atoms with Gasteiger partial charge in [0.2, 0.25) is 5.91 Å². The van der Waals surface area contributed by atoms with Crippen LogP contribution in [0.15, 0.2) is 42.5 Å². The Labute approximate surface area is 135 Å². The number of fused-ring (bicyclic) bond motifs is 1. The van der Waals surface area contributed by atoms with E-state index < -0.39 is 0 Å². The lowest BCUT2D eigenvalue weighted by Gasteiger charge is -2.10. The predicted octanol–water partition coefficient (Wildman–Crippen LogP) is 3.13. The smallest absolute Gasteiger partial charge is 0.244 e. The first-order valence-electron chi connectivity index (χ1n) is 7.68. The number of carbonyl (C=O) groups excluding carboxylic acids is 1. The molecule has 0 aliphatic rings. The third-order valence-electron chi connectivity index (χ3n) is 3.81. The molecule has 0 spiro atoms. The van der Waals surface area contributed by atoms with Crippen LogP contribution >= 0.6 is 0 Å². The fourth-order valence-corrected chi connectivity index (χ4v) is 2.73. The normalized spacial score (nSPS) is 10.9. The number of nitrogens with two attached hydrogens (primary N) is 1. The van der Waals surface area contributed by atoms with Crippen LogP contribution in [0.5, 0.6) is 0 Å². The minimum Gasteiger partial charge on any atom is -0.397 e. The average Bonchev–Trinajstić information content (AvgIpc) is 2.86. The summed E-state index contributed by atoms with van der Waals surface area (Å²) in [5.41, 5.74) is 10.2. The molecule has 1 aromatic heterocycles. The molecule has 0 radical (unpaired) electrons. The summed E-state index contributed by atoms with van der Waals surface area (Å²) < 4.78 is 1.93. The van der Waals surface area contributed by atoms with Gasteiger partial charge in [0.25, 0.3) is 0 Å². The lowest BCUT2D eigenvalue weighted by Crippen LogP contribution is -2.20. The number of imidazole rings is 1. The monoisotopic (exact) mass is 308 g/mol. The summed E-state index contributed by atoms with van der Waals surface area (Å²) in [6, 6.07) is 13.4. The Morgan fingerprint density at radius 2 is 2.04 bits per heavy atom. The minimum absolute atomic E-state index is 0.0768. The van der Waals surface area contributed by atoms with Crippen molar-refractivity contribution in [3.63, 3.8) is 0 Å². The molecule has 1 amide bonds. The summed E-state index contributed by atoms with van der Waals surface area (Å²) in [6.07, 6.45) is 0.742. The van der Waals surface area contributed by atoms with Crippen molar-refractivity contribution in [2.75, 3.05) is 11.1 Å². The first-order chi connectivity index (χ1) is 11.1. The van der Waals surface area contributed by atoms with E-state index in [-0.39, 0.29) is 12.5 Å². The molecular formula is C18H20N4O. The Kier molecular flexibility index (Phi) is 4.02. The van der Waals surface area contributed by atoms with E-state index in [1.54, 1.807) is 0 Å². The third kappa shape index (κ3) is 3.04. The minimum atomic E-state index is -0.0768. The van der Waals surface area contributed by atoms with Crippen LogP contribution in [0.2, 0.25) is 0 Å². The number of benzene rings is 2. The zero-order valence-corrected chi connectivity index (χ0v) is 13.3. The zero-order chi connectivity index (χ0) is 16.4. The number of hydrogen-bond acceptors (Lipinski definition) is 3. The SMILES string of the molecule is CCc1nc2c(N)cccc2n1CC(=O)Nc1cccc(C)c1. The van der Waals surface area contributed by atoms with Crippen molar-refractivity contribution in [3.05, 3.63) is 53.9 Å². The summed E-state index contributed by atoms with van der Waals surface area (Å²) in [6.45, 7) is 4.24. The van der Waals surface area contributed by atoms with E-state index in [1.165, 1.54) is 0 Å². The third-order valence-corrected chi connectivity index (χ3v) is 3.81. The van der Waals surface area contributed by atoms with Gasteiger partial charge in [-0.25, -0.2) is 4.98 Å². The van der Waals surface area contributed by atoms with Crippen molar-refractivity contribution < 1.29 is 4.79 Å². The van der Waals surface area contributed by atoms with Gasteiger partial charge in [-0.15, -0.1) is 0 Å². The van der Waals surface area contributed by atoms with E-state index in [0.717, 1.165) is 34.5 Å². The van der Waals surface area contributed by atoms with Crippen LogP contribution in [0.1, 0.15) is 18.3 Å². The molecular weight excluding hydrogens is 288 g/mol. The van der Waals surface area contributed by atoms with E-state index in [9.17, 15) is 4.79 Å². The number of anilines is 2. The Balaban J connectivity index is 1.88. The van der Waals surface area contributed by atoms with Crippen LogP contribution in [-0.4, -0.2) is 15.5 Å². The highest BCUT2D eigenvalue weighted by molar-refractivity contribution is 5.93. The number of para-hydroxylation sites is 1. The second kappa shape index (κ2) is 6.12. The number of nitrogen functional groups attached to an aromatic ring is 1. The number of nitrogens with one attached hydrogen (secondary N) is 1. The van der Waals surface area contributed by atoms with E-state index >= 15 is 0 Å². The molecule has 1 heterocycles. The lowest BCUT2D eigenvalue weighted by molar-refractivity contribution is -0.116. The maximum atomic E-state index is 12.4. The van der Waals surface area contributed by atoms with Gasteiger partial charge in [0.05, 0.1) is 11.2 Å². The van der Waals surface area contributed by atoms with E-state index in [2.05, 4.69) is 10.3 Å². The fourth-order valence-electron chi connectivity index (χ4n) is 2.73. The Hall–Kier alpha value is -2.82. The van der Waals surface area contributed by atoms with Crippen molar-refractivity contribution in [1.29, 1.82) is 0 Å². The molecule has 118 valence electrons. The van der Waals surface area contributed by atoms with Gasteiger partial charge in [0.15, 0.2) is 0 Å². The molecule has 0 bridgehead atoms. The number of aromatic nitrogens is 2. The van der Waals surface area contributed by atoms with Crippen LogP contribution in [0.25, 0.3) is 11.0 Å². The number of carbonyl (C=O) groups is 1. The van der Waals surface area contributed by atoms with Gasteiger partial charge in [0.1, 0.15) is 17.9 Å². The Morgan fingerprint density at radius 3 is 2.78 bits per heavy atom. The quantitative estimate of drug-likeness (QED) is 0.727. The summed E-state index contributed by atoms with van der Waals surface area (Å²) >= 11 is 0. The highest BCUT2D eigenvalue weighted by atomic mass is 16.1. The molecule has 0 saturated carbocycles. The summed E-state index contributed by atoms with van der Waals surface area (Å²) in [5.74, 6) is 0.782. The molecule has 0 unspecified atom stereocenters. The van der Waals surface area contributed by atoms with Gasteiger partial charge in [0, 0.05) is 12.1 Å². The Bertz CT molecular complexity index is 867. The van der Waals surface area contributed by atoms with Crippen molar-refractivity contribution >= 4 is 28.3 Å². The van der Waals surface area contributed by atoms with Gasteiger partial charge >= 0.3 is 0 Å². The lowest BCUT2D eigenvalue weighted by atomic mass is 10.2. The van der Waals surface area contributed by atoms with Gasteiger partial charge < -0.3 is 15.6 Å². The van der Waals surface area contributed by atoms with Crippen LogP contribution in [0.3, 0.4) is 0 Å². The number of nitrogens with zero attached hydrogens (tertiary/aromatic N) is 2. The standard InChI is InChI=1S/C18H20N4O/c1-3-16-21-18-14(19)8-5-9-15(18)22(16)11-17(23)20-13-7-4-6-12(2)10-13/h4-10H,3,11,19H2,1-2H3,(H,20,23). The van der Waals surface area contributed by atoms with E-state index in [1.807, 2.05) is 60.9 Å². The highest BCUT2D eigenvalue weighted by Gasteiger charge is 2.14.